The number of ether oxygens (including phenoxy) is 3. The topological polar surface area (TPSA) is 85.9 Å². The molecule has 0 radical (unpaired) electrons. The Bertz CT molecular complexity index is 967. The van der Waals surface area contributed by atoms with Gasteiger partial charge in [-0.25, -0.2) is 4.39 Å². The summed E-state index contributed by atoms with van der Waals surface area (Å²) in [5, 5.41) is 5.60. The van der Waals surface area contributed by atoms with E-state index in [-0.39, 0.29) is 31.2 Å². The SMILES string of the molecule is CC1(C)O[C@@H]2[C@@H](CNC(=O)c3ccccc3F)OC[C@]2(CNC(=O)c2ccccc2)O1. The van der Waals surface area contributed by atoms with Gasteiger partial charge in [0, 0.05) is 12.1 Å². The van der Waals surface area contributed by atoms with E-state index in [1.165, 1.54) is 18.2 Å². The maximum atomic E-state index is 13.9. The molecule has 164 valence electrons. The van der Waals surface area contributed by atoms with Crippen molar-refractivity contribution in [2.24, 2.45) is 0 Å². The highest BCUT2D eigenvalue weighted by atomic mass is 19.1. The molecule has 0 aliphatic carbocycles. The van der Waals surface area contributed by atoms with Crippen molar-refractivity contribution >= 4 is 11.8 Å². The Kier molecular flexibility index (Phi) is 5.79. The largest absolute Gasteiger partial charge is 0.370 e. The molecule has 7 nitrogen and oxygen atoms in total. The van der Waals surface area contributed by atoms with Gasteiger partial charge in [0.05, 0.1) is 18.7 Å². The van der Waals surface area contributed by atoms with Crippen LogP contribution in [0.3, 0.4) is 0 Å². The second-order valence-electron chi connectivity index (χ2n) is 8.19. The van der Waals surface area contributed by atoms with Gasteiger partial charge in [0.1, 0.15) is 23.6 Å². The van der Waals surface area contributed by atoms with Gasteiger partial charge in [-0.2, -0.15) is 0 Å². The van der Waals surface area contributed by atoms with E-state index in [1.807, 2.05) is 6.07 Å². The predicted octanol–water partition coefficient (Wildman–Crippen LogP) is 2.27. The minimum absolute atomic E-state index is 0.0363. The third kappa shape index (κ3) is 4.46. The Morgan fingerprint density at radius 2 is 1.74 bits per heavy atom. The summed E-state index contributed by atoms with van der Waals surface area (Å²) in [5.74, 6) is -2.22. The van der Waals surface area contributed by atoms with Crippen LogP contribution in [0.4, 0.5) is 4.39 Å². The molecule has 2 amide bonds. The Morgan fingerprint density at radius 3 is 2.48 bits per heavy atom. The fourth-order valence-electron chi connectivity index (χ4n) is 4.06. The molecule has 2 aromatic carbocycles. The Hall–Kier alpha value is -2.81. The number of fused-ring (bicyclic) bond motifs is 1. The predicted molar refractivity (Wildman–Crippen MR) is 110 cm³/mol. The lowest BCUT2D eigenvalue weighted by atomic mass is 9.96. The lowest BCUT2D eigenvalue weighted by molar-refractivity contribution is -0.188. The lowest BCUT2D eigenvalue weighted by Gasteiger charge is -2.27. The van der Waals surface area contributed by atoms with E-state index < -0.39 is 35.3 Å². The highest BCUT2D eigenvalue weighted by Gasteiger charge is 2.61. The number of nitrogens with one attached hydrogen (secondary N) is 2. The van der Waals surface area contributed by atoms with Gasteiger partial charge >= 0.3 is 0 Å². The monoisotopic (exact) mass is 428 g/mol. The summed E-state index contributed by atoms with van der Waals surface area (Å²) in [6.07, 6.45) is -1.02. The minimum Gasteiger partial charge on any atom is -0.370 e. The molecule has 0 aromatic heterocycles. The van der Waals surface area contributed by atoms with Crippen molar-refractivity contribution < 1.29 is 28.2 Å². The molecule has 2 aliphatic heterocycles. The highest BCUT2D eigenvalue weighted by molar-refractivity contribution is 5.94. The second kappa shape index (κ2) is 8.37. The molecule has 0 spiro atoms. The quantitative estimate of drug-likeness (QED) is 0.737. The maximum absolute atomic E-state index is 13.9. The van der Waals surface area contributed by atoms with E-state index >= 15 is 0 Å². The maximum Gasteiger partial charge on any atom is 0.254 e. The van der Waals surface area contributed by atoms with Gasteiger partial charge < -0.3 is 24.8 Å². The third-order valence-corrected chi connectivity index (χ3v) is 5.42. The second-order valence-corrected chi connectivity index (χ2v) is 8.19. The van der Waals surface area contributed by atoms with E-state index in [0.717, 1.165) is 0 Å². The van der Waals surface area contributed by atoms with Crippen molar-refractivity contribution in [2.45, 2.75) is 37.4 Å². The molecule has 2 heterocycles. The zero-order valence-corrected chi connectivity index (χ0v) is 17.4. The molecule has 2 aliphatic rings. The first-order valence-corrected chi connectivity index (χ1v) is 10.2. The minimum atomic E-state index is -0.888. The number of carbonyl (C=O) groups is 2. The van der Waals surface area contributed by atoms with Gasteiger partial charge in [0.25, 0.3) is 11.8 Å². The van der Waals surface area contributed by atoms with E-state index in [2.05, 4.69) is 10.6 Å². The molecular weight excluding hydrogens is 403 g/mol. The highest BCUT2D eigenvalue weighted by Crippen LogP contribution is 2.43. The molecule has 8 heteroatoms. The van der Waals surface area contributed by atoms with Crippen LogP contribution in [0.2, 0.25) is 0 Å². The number of carbonyl (C=O) groups excluding carboxylic acids is 2. The summed E-state index contributed by atoms with van der Waals surface area (Å²) in [4.78, 5) is 24.9. The number of hydrogen-bond acceptors (Lipinski definition) is 5. The molecule has 4 rings (SSSR count). The van der Waals surface area contributed by atoms with Crippen LogP contribution in [-0.4, -0.2) is 55.1 Å². The fraction of sp³-hybridized carbons (Fsp3) is 0.391. The van der Waals surface area contributed by atoms with Crippen LogP contribution in [0, 0.1) is 5.82 Å². The van der Waals surface area contributed by atoms with Crippen molar-refractivity contribution in [1.82, 2.24) is 10.6 Å². The standard InChI is InChI=1S/C23H25FN2O5/c1-22(2)30-19-18(12-25-21(28)16-10-6-7-11-17(16)24)29-14-23(19,31-22)13-26-20(27)15-8-4-3-5-9-15/h3-11,18-19H,12-14H2,1-2H3,(H,25,28)(H,26,27)/t18-,19-,23+/m1/s1. The number of rotatable bonds is 6. The smallest absolute Gasteiger partial charge is 0.254 e. The molecule has 0 bridgehead atoms. The van der Waals surface area contributed by atoms with Gasteiger partial charge in [0.15, 0.2) is 5.79 Å². The molecule has 2 aromatic rings. The van der Waals surface area contributed by atoms with Gasteiger partial charge in [-0.15, -0.1) is 0 Å². The molecular formula is C23H25FN2O5. The molecule has 0 saturated carbocycles. The first-order chi connectivity index (χ1) is 14.8. The summed E-state index contributed by atoms with van der Waals surface area (Å²) in [5.41, 5.74) is -0.381. The van der Waals surface area contributed by atoms with Crippen LogP contribution in [0.1, 0.15) is 34.6 Å². The van der Waals surface area contributed by atoms with Crippen LogP contribution >= 0.6 is 0 Å². The summed E-state index contributed by atoms with van der Waals surface area (Å²) >= 11 is 0. The molecule has 2 N–H and O–H groups in total. The van der Waals surface area contributed by atoms with Crippen molar-refractivity contribution in [3.63, 3.8) is 0 Å². The average molecular weight is 428 g/mol. The van der Waals surface area contributed by atoms with E-state index in [9.17, 15) is 14.0 Å². The van der Waals surface area contributed by atoms with E-state index in [4.69, 9.17) is 14.2 Å². The van der Waals surface area contributed by atoms with Gasteiger partial charge in [-0.3, -0.25) is 9.59 Å². The van der Waals surface area contributed by atoms with Crippen molar-refractivity contribution in [1.29, 1.82) is 0 Å². The number of halogens is 1. The number of hydrogen-bond donors (Lipinski definition) is 2. The molecule has 3 atom stereocenters. The van der Waals surface area contributed by atoms with Crippen LogP contribution < -0.4 is 10.6 Å². The summed E-state index contributed by atoms with van der Waals surface area (Å²) < 4.78 is 31.9. The molecule has 2 saturated heterocycles. The van der Waals surface area contributed by atoms with Crippen LogP contribution in [0.15, 0.2) is 54.6 Å². The Balaban J connectivity index is 1.42. The third-order valence-electron chi connectivity index (χ3n) is 5.42. The Labute approximate surface area is 179 Å². The molecule has 0 unspecified atom stereocenters. The fourth-order valence-corrected chi connectivity index (χ4v) is 4.06. The van der Waals surface area contributed by atoms with Crippen LogP contribution in [0.5, 0.6) is 0 Å². The lowest BCUT2D eigenvalue weighted by Crippen LogP contribution is -2.52. The van der Waals surface area contributed by atoms with Crippen molar-refractivity contribution in [3.8, 4) is 0 Å². The molecule has 31 heavy (non-hydrogen) atoms. The summed E-state index contributed by atoms with van der Waals surface area (Å²) in [6, 6.07) is 14.7. The van der Waals surface area contributed by atoms with E-state index in [0.29, 0.717) is 5.56 Å². The molecule has 2 fully saturated rings. The Morgan fingerprint density at radius 1 is 1.03 bits per heavy atom. The number of amides is 2. The van der Waals surface area contributed by atoms with Gasteiger partial charge in [0.2, 0.25) is 0 Å². The van der Waals surface area contributed by atoms with Crippen molar-refractivity contribution in [2.75, 3.05) is 19.7 Å². The zero-order chi connectivity index (χ0) is 22.1. The number of benzene rings is 2. The summed E-state index contributed by atoms with van der Waals surface area (Å²) in [7, 11) is 0. The van der Waals surface area contributed by atoms with Crippen LogP contribution in [-0.2, 0) is 14.2 Å². The first-order valence-electron chi connectivity index (χ1n) is 10.2. The van der Waals surface area contributed by atoms with Crippen LogP contribution in [0.25, 0.3) is 0 Å². The van der Waals surface area contributed by atoms with Gasteiger partial charge in [-0.05, 0) is 38.1 Å². The van der Waals surface area contributed by atoms with Crippen molar-refractivity contribution in [3.05, 3.63) is 71.5 Å². The first kappa shape index (κ1) is 21.4. The normalized spacial score (nSPS) is 26.3. The van der Waals surface area contributed by atoms with E-state index in [1.54, 1.807) is 44.2 Å². The average Bonchev–Trinajstić information content (AvgIpc) is 3.21. The van der Waals surface area contributed by atoms with Gasteiger partial charge in [-0.1, -0.05) is 30.3 Å². The zero-order valence-electron chi connectivity index (χ0n) is 17.4. The summed E-state index contributed by atoms with van der Waals surface area (Å²) in [6.45, 7) is 4.08.